The van der Waals surface area contributed by atoms with Crippen LogP contribution in [0.5, 0.6) is 0 Å². The van der Waals surface area contributed by atoms with Crippen molar-refractivity contribution in [3.63, 3.8) is 0 Å². The van der Waals surface area contributed by atoms with E-state index >= 15 is 0 Å². The Labute approximate surface area is 208 Å². The van der Waals surface area contributed by atoms with Gasteiger partial charge in [-0.3, -0.25) is 4.98 Å². The Hall–Kier alpha value is -2.48. The predicted molar refractivity (Wildman–Crippen MR) is 146 cm³/mol. The van der Waals surface area contributed by atoms with Crippen LogP contribution >= 0.6 is 11.3 Å². The Balaban J connectivity index is 1.89. The molecule has 0 bridgehead atoms. The van der Waals surface area contributed by atoms with Crippen LogP contribution in [0.25, 0.3) is 11.6 Å². The van der Waals surface area contributed by atoms with Crippen molar-refractivity contribution in [2.24, 2.45) is 5.92 Å². The summed E-state index contributed by atoms with van der Waals surface area (Å²) >= 11 is 1.30. The maximum absolute atomic E-state index is 13.6. The molecule has 7 heteroatoms. The Morgan fingerprint density at radius 3 is 2.71 bits per heavy atom. The Morgan fingerprint density at radius 1 is 1.26 bits per heavy atom. The molecule has 0 aromatic carbocycles. The quantitative estimate of drug-likeness (QED) is 0.410. The van der Waals surface area contributed by atoms with Crippen LogP contribution in [0.4, 0.5) is 5.69 Å². The third-order valence-electron chi connectivity index (χ3n) is 6.41. The minimum atomic E-state index is -3.58. The second-order valence-electron chi connectivity index (χ2n) is 8.61. The van der Waals surface area contributed by atoms with E-state index in [1.807, 2.05) is 63.4 Å². The number of thiophene rings is 1. The van der Waals surface area contributed by atoms with Crippen LogP contribution in [0.3, 0.4) is 0 Å². The highest BCUT2D eigenvalue weighted by Crippen LogP contribution is 2.34. The minimum absolute atomic E-state index is 0.0621. The smallest absolute Gasteiger partial charge is 0.252 e. The van der Waals surface area contributed by atoms with Gasteiger partial charge in [0.05, 0.1) is 0 Å². The molecule has 2 atom stereocenters. The zero-order valence-electron chi connectivity index (χ0n) is 20.7. The van der Waals surface area contributed by atoms with E-state index in [1.54, 1.807) is 16.4 Å². The van der Waals surface area contributed by atoms with Gasteiger partial charge in [-0.2, -0.15) is 4.31 Å². The highest BCUT2D eigenvalue weighted by atomic mass is 32.2. The van der Waals surface area contributed by atoms with E-state index in [9.17, 15) is 8.42 Å². The van der Waals surface area contributed by atoms with E-state index in [2.05, 4.69) is 36.5 Å². The molecule has 0 aliphatic carbocycles. The summed E-state index contributed by atoms with van der Waals surface area (Å²) in [6, 6.07) is 5.66. The van der Waals surface area contributed by atoms with Crippen molar-refractivity contribution >= 4 is 38.7 Å². The molecule has 0 N–H and O–H groups in total. The lowest BCUT2D eigenvalue weighted by atomic mass is 9.93. The number of hydrogen-bond acceptors (Lipinski definition) is 5. The normalized spacial score (nSPS) is 20.3. The topological polar surface area (TPSA) is 53.5 Å². The molecule has 1 saturated heterocycles. The third kappa shape index (κ3) is 5.43. The molecular formula is C27H35N3O2S2. The molecule has 1 fully saturated rings. The first-order chi connectivity index (χ1) is 16.2. The fourth-order valence-electron chi connectivity index (χ4n) is 4.36. The average molecular weight is 498 g/mol. The van der Waals surface area contributed by atoms with Crippen molar-refractivity contribution in [3.05, 3.63) is 77.5 Å². The van der Waals surface area contributed by atoms with Gasteiger partial charge in [0.15, 0.2) is 0 Å². The molecule has 3 rings (SSSR count). The molecule has 0 radical (unpaired) electrons. The fourth-order valence-corrected chi connectivity index (χ4v) is 7.31. The molecule has 3 heterocycles. The SMILES string of the molecule is C=C/C(=C\C=C/C)c1ccc(S(=O)(=O)N2CC[C@@H](C)C(N(C)c3ccnc(C)c3/C=C\C)C2)s1. The highest BCUT2D eigenvalue weighted by molar-refractivity contribution is 7.91. The van der Waals surface area contributed by atoms with Crippen LogP contribution in [0.2, 0.25) is 0 Å². The van der Waals surface area contributed by atoms with Crippen molar-refractivity contribution in [2.45, 2.75) is 44.4 Å². The van der Waals surface area contributed by atoms with Crippen molar-refractivity contribution in [1.82, 2.24) is 9.29 Å². The summed E-state index contributed by atoms with van der Waals surface area (Å²) in [7, 11) is -1.52. The summed E-state index contributed by atoms with van der Waals surface area (Å²) in [6.07, 6.45) is 14.3. The number of aromatic nitrogens is 1. The predicted octanol–water partition coefficient (Wildman–Crippen LogP) is 6.17. The van der Waals surface area contributed by atoms with Gasteiger partial charge in [0.25, 0.3) is 10.0 Å². The van der Waals surface area contributed by atoms with Crippen LogP contribution in [-0.4, -0.2) is 43.9 Å². The number of sulfonamides is 1. The zero-order chi connectivity index (χ0) is 24.9. The zero-order valence-corrected chi connectivity index (χ0v) is 22.4. The number of allylic oxidation sites excluding steroid dienone is 6. The number of piperidine rings is 1. The number of aryl methyl sites for hydroxylation is 1. The van der Waals surface area contributed by atoms with Crippen LogP contribution < -0.4 is 4.90 Å². The molecule has 2 aromatic heterocycles. The molecular weight excluding hydrogens is 462 g/mol. The number of likely N-dealkylation sites (N-methyl/N-ethyl adjacent to an activating group) is 1. The molecule has 0 spiro atoms. The average Bonchev–Trinajstić information content (AvgIpc) is 3.32. The standard InChI is InChI=1S/C27H35N3O2S2/c1-7-10-12-22(9-3)26-13-14-27(33-26)34(31,32)30-18-16-20(4)25(19-30)29(6)24-15-17-28-21(5)23(24)11-8-2/h7-15,17,20,25H,3,16,18-19H2,1-2,4-6H3/b10-7-,11-8-,22-12+/t20-,25?/m1/s1. The van der Waals surface area contributed by atoms with E-state index in [0.29, 0.717) is 23.2 Å². The van der Waals surface area contributed by atoms with Crippen LogP contribution in [0.1, 0.15) is 43.3 Å². The summed E-state index contributed by atoms with van der Waals surface area (Å²) in [5, 5.41) is 0. The lowest BCUT2D eigenvalue weighted by molar-refractivity contribution is 0.248. The molecule has 1 aliphatic heterocycles. The Bertz CT molecular complexity index is 1210. The van der Waals surface area contributed by atoms with Crippen molar-refractivity contribution < 1.29 is 8.42 Å². The summed E-state index contributed by atoms with van der Waals surface area (Å²) in [4.78, 5) is 7.57. The van der Waals surface area contributed by atoms with Crippen LogP contribution in [-0.2, 0) is 10.0 Å². The molecule has 0 saturated carbocycles. The Morgan fingerprint density at radius 2 is 2.03 bits per heavy atom. The summed E-state index contributed by atoms with van der Waals surface area (Å²) in [5.74, 6) is 0.360. The second-order valence-corrected chi connectivity index (χ2v) is 11.9. The first-order valence-corrected chi connectivity index (χ1v) is 13.9. The van der Waals surface area contributed by atoms with E-state index in [0.717, 1.165) is 33.8 Å². The highest BCUT2D eigenvalue weighted by Gasteiger charge is 2.37. The van der Waals surface area contributed by atoms with Crippen LogP contribution in [0.15, 0.2) is 65.6 Å². The van der Waals surface area contributed by atoms with E-state index in [1.165, 1.54) is 11.3 Å². The van der Waals surface area contributed by atoms with Gasteiger partial charge in [-0.1, -0.05) is 50.0 Å². The van der Waals surface area contributed by atoms with Gasteiger partial charge in [-0.15, -0.1) is 11.3 Å². The largest absolute Gasteiger partial charge is 0.369 e. The van der Waals surface area contributed by atoms with Crippen molar-refractivity contribution in [2.75, 3.05) is 25.0 Å². The third-order valence-corrected chi connectivity index (χ3v) is 9.87. The minimum Gasteiger partial charge on any atom is -0.369 e. The molecule has 0 amide bonds. The number of pyridine rings is 1. The van der Waals surface area contributed by atoms with Gasteiger partial charge in [0.2, 0.25) is 0 Å². The summed E-state index contributed by atoms with van der Waals surface area (Å²) in [5.41, 5.74) is 4.03. The van der Waals surface area contributed by atoms with Gasteiger partial charge >= 0.3 is 0 Å². The molecule has 1 unspecified atom stereocenters. The number of anilines is 1. The maximum atomic E-state index is 13.6. The summed E-state index contributed by atoms with van der Waals surface area (Å²) in [6.45, 7) is 13.0. The molecule has 182 valence electrons. The second kappa shape index (κ2) is 11.3. The lowest BCUT2D eigenvalue weighted by Gasteiger charge is -2.42. The molecule has 1 aliphatic rings. The first-order valence-electron chi connectivity index (χ1n) is 11.6. The van der Waals surface area contributed by atoms with Crippen molar-refractivity contribution in [3.8, 4) is 0 Å². The molecule has 2 aromatic rings. The number of rotatable bonds is 8. The van der Waals surface area contributed by atoms with Gasteiger partial charge in [-0.05, 0) is 56.9 Å². The van der Waals surface area contributed by atoms with Crippen LogP contribution in [0, 0.1) is 12.8 Å². The maximum Gasteiger partial charge on any atom is 0.252 e. The van der Waals surface area contributed by atoms with Gasteiger partial charge in [0.1, 0.15) is 4.21 Å². The van der Waals surface area contributed by atoms with Gasteiger partial charge in [-0.25, -0.2) is 8.42 Å². The van der Waals surface area contributed by atoms with E-state index in [-0.39, 0.29) is 6.04 Å². The fraction of sp³-hybridized carbons (Fsp3) is 0.370. The van der Waals surface area contributed by atoms with Gasteiger partial charge in [0, 0.05) is 54.2 Å². The monoisotopic (exact) mass is 497 g/mol. The van der Waals surface area contributed by atoms with E-state index < -0.39 is 10.0 Å². The first kappa shape index (κ1) is 26.1. The number of hydrogen-bond donors (Lipinski definition) is 0. The molecule has 5 nitrogen and oxygen atoms in total. The van der Waals surface area contributed by atoms with Gasteiger partial charge < -0.3 is 4.90 Å². The number of nitrogens with zero attached hydrogens (tertiary/aromatic N) is 3. The van der Waals surface area contributed by atoms with Crippen molar-refractivity contribution in [1.29, 1.82) is 0 Å². The lowest BCUT2D eigenvalue weighted by Crippen LogP contribution is -2.52. The molecule has 34 heavy (non-hydrogen) atoms. The van der Waals surface area contributed by atoms with E-state index in [4.69, 9.17) is 0 Å². The summed E-state index contributed by atoms with van der Waals surface area (Å²) < 4.78 is 29.2. The Kier molecular flexibility index (Phi) is 8.68.